The van der Waals surface area contributed by atoms with Crippen LogP contribution in [0.2, 0.25) is 0 Å². The highest BCUT2D eigenvalue weighted by Gasteiger charge is 2.30. The zero-order chi connectivity index (χ0) is 15.9. The van der Waals surface area contributed by atoms with E-state index >= 15 is 0 Å². The minimum Gasteiger partial charge on any atom is -0.504 e. The van der Waals surface area contributed by atoms with Gasteiger partial charge in [-0.1, -0.05) is 12.1 Å². The first-order valence-corrected chi connectivity index (χ1v) is 6.67. The average Bonchev–Trinajstić information content (AvgIpc) is 2.49. The van der Waals surface area contributed by atoms with Crippen LogP contribution >= 0.6 is 0 Å². The SMILES string of the molecule is O=C1c2[14c](O)[14c](O)cc(=O)n2CCN1Cc1ccc(F)cc1. The van der Waals surface area contributed by atoms with Gasteiger partial charge in [-0.2, -0.15) is 0 Å². The first kappa shape index (κ1) is 14.1. The molecule has 1 aliphatic rings. The topological polar surface area (TPSA) is 82.8 Å². The number of benzene rings is 1. The molecule has 1 aliphatic heterocycles. The monoisotopic (exact) mass is 308 g/mol. The zero-order valence-electron chi connectivity index (χ0n) is 11.5. The fourth-order valence-corrected chi connectivity index (χ4v) is 2.49. The van der Waals surface area contributed by atoms with Crippen molar-refractivity contribution in [2.75, 3.05) is 6.54 Å². The maximum Gasteiger partial charge on any atom is 0.274 e. The summed E-state index contributed by atoms with van der Waals surface area (Å²) < 4.78 is 14.0. The van der Waals surface area contributed by atoms with E-state index in [-0.39, 0.29) is 31.1 Å². The van der Waals surface area contributed by atoms with E-state index in [1.807, 2.05) is 0 Å². The number of halogens is 1. The van der Waals surface area contributed by atoms with Crippen molar-refractivity contribution in [3.05, 3.63) is 57.8 Å². The van der Waals surface area contributed by atoms with E-state index in [0.29, 0.717) is 0 Å². The largest absolute Gasteiger partial charge is 0.504 e. The van der Waals surface area contributed by atoms with Gasteiger partial charge in [0.2, 0.25) is 0 Å². The predicted octanol–water partition coefficient (Wildman–Crippen LogP) is 1.05. The Morgan fingerprint density at radius 3 is 2.50 bits per heavy atom. The smallest absolute Gasteiger partial charge is 0.274 e. The quantitative estimate of drug-likeness (QED) is 0.869. The molecule has 0 bridgehead atoms. The Bertz CT molecular complexity index is 798. The van der Waals surface area contributed by atoms with Gasteiger partial charge in [-0.15, -0.1) is 0 Å². The molecule has 3 rings (SSSR count). The number of pyridine rings is 1. The molecule has 0 atom stereocenters. The Morgan fingerprint density at radius 1 is 1.14 bits per heavy atom. The third-order valence-corrected chi connectivity index (χ3v) is 3.63. The molecule has 1 aromatic heterocycles. The molecule has 0 aliphatic carbocycles. The molecular formula is C15H13FN2O4. The number of nitrogens with zero attached hydrogens (tertiary/aromatic N) is 2. The minimum absolute atomic E-state index is 0.217. The van der Waals surface area contributed by atoms with Gasteiger partial charge in [0, 0.05) is 25.7 Å². The summed E-state index contributed by atoms with van der Waals surface area (Å²) in [6, 6.07) is 6.60. The third kappa shape index (κ3) is 2.30. The molecule has 114 valence electrons. The number of fused-ring (bicyclic) bond motifs is 1. The zero-order valence-corrected chi connectivity index (χ0v) is 11.5. The van der Waals surface area contributed by atoms with Gasteiger partial charge in [0.05, 0.1) is 0 Å². The van der Waals surface area contributed by atoms with Gasteiger partial charge < -0.3 is 15.1 Å². The Morgan fingerprint density at radius 2 is 1.82 bits per heavy atom. The van der Waals surface area contributed by atoms with Crippen LogP contribution in [-0.2, 0) is 13.1 Å². The second-order valence-corrected chi connectivity index (χ2v) is 5.07. The van der Waals surface area contributed by atoms with E-state index in [2.05, 4.69) is 0 Å². The number of aromatic nitrogens is 1. The highest BCUT2D eigenvalue weighted by atomic mass is 19.1. The lowest BCUT2D eigenvalue weighted by molar-refractivity contribution is 0.0680. The molecule has 0 unspecified atom stereocenters. The molecule has 1 amide bonds. The average molecular weight is 308 g/mol. The number of aromatic hydroxyl groups is 2. The molecule has 0 saturated carbocycles. The van der Waals surface area contributed by atoms with Crippen molar-refractivity contribution in [3.63, 3.8) is 0 Å². The van der Waals surface area contributed by atoms with Gasteiger partial charge in [-0.25, -0.2) is 4.39 Å². The summed E-state index contributed by atoms with van der Waals surface area (Å²) in [6.07, 6.45) is 0. The van der Waals surface area contributed by atoms with Crippen molar-refractivity contribution in [3.8, 4) is 11.5 Å². The molecule has 22 heavy (non-hydrogen) atoms. The van der Waals surface area contributed by atoms with Crippen molar-refractivity contribution in [1.29, 1.82) is 0 Å². The van der Waals surface area contributed by atoms with Crippen molar-refractivity contribution in [2.45, 2.75) is 13.1 Å². The summed E-state index contributed by atoms with van der Waals surface area (Å²) in [4.78, 5) is 25.6. The van der Waals surface area contributed by atoms with Gasteiger partial charge in [0.1, 0.15) is 5.82 Å². The van der Waals surface area contributed by atoms with Crippen molar-refractivity contribution < 1.29 is 19.4 Å². The predicted molar refractivity (Wildman–Crippen MR) is 75.2 cm³/mol. The number of rotatable bonds is 2. The van der Waals surface area contributed by atoms with Crippen LogP contribution in [0.15, 0.2) is 35.1 Å². The second kappa shape index (κ2) is 5.18. The number of hydrogen-bond acceptors (Lipinski definition) is 4. The fourth-order valence-electron chi connectivity index (χ4n) is 2.49. The molecule has 2 heterocycles. The van der Waals surface area contributed by atoms with Crippen LogP contribution in [0.1, 0.15) is 16.1 Å². The molecule has 2 aromatic rings. The Labute approximate surface area is 124 Å². The van der Waals surface area contributed by atoms with E-state index in [1.54, 1.807) is 12.1 Å². The first-order chi connectivity index (χ1) is 10.5. The molecular weight excluding hydrogens is 295 g/mol. The molecule has 0 spiro atoms. The van der Waals surface area contributed by atoms with Crippen LogP contribution in [0.25, 0.3) is 0 Å². The van der Waals surface area contributed by atoms with Gasteiger partial charge in [-0.3, -0.25) is 14.2 Å². The summed E-state index contributed by atoms with van der Waals surface area (Å²) in [6.45, 7) is 0.727. The lowest BCUT2D eigenvalue weighted by atomic mass is 10.2. The lowest BCUT2D eigenvalue weighted by Crippen LogP contribution is -2.43. The van der Waals surface area contributed by atoms with Gasteiger partial charge in [-0.05, 0) is 17.7 Å². The van der Waals surface area contributed by atoms with Gasteiger partial charge in [0.15, 0.2) is 17.2 Å². The summed E-state index contributed by atoms with van der Waals surface area (Å²) in [5.41, 5.74) is -0.0383. The highest BCUT2D eigenvalue weighted by molar-refractivity contribution is 5.96. The molecule has 1 aromatic carbocycles. The minimum atomic E-state index is -0.617. The maximum atomic E-state index is 12.9. The van der Waals surface area contributed by atoms with Crippen LogP contribution in [0.3, 0.4) is 0 Å². The first-order valence-electron chi connectivity index (χ1n) is 6.67. The molecule has 7 heteroatoms. The van der Waals surface area contributed by atoms with Crippen molar-refractivity contribution in [1.82, 2.24) is 9.47 Å². The van der Waals surface area contributed by atoms with E-state index in [0.717, 1.165) is 16.2 Å². The fraction of sp³-hybridized carbons (Fsp3) is 0.200. The van der Waals surface area contributed by atoms with Crippen LogP contribution in [-0.4, -0.2) is 32.1 Å². The number of hydrogen-bond donors (Lipinski definition) is 2. The molecule has 0 saturated heterocycles. The maximum absolute atomic E-state index is 12.9. The Kier molecular flexibility index (Phi) is 3.32. The van der Waals surface area contributed by atoms with Gasteiger partial charge in [0.25, 0.3) is 11.5 Å². The molecule has 6 nitrogen and oxygen atoms in total. The van der Waals surface area contributed by atoms with Crippen LogP contribution in [0, 0.1) is 5.82 Å². The summed E-state index contributed by atoms with van der Waals surface area (Å²) >= 11 is 0. The number of carbonyl (C=O) groups is 1. The highest BCUT2D eigenvalue weighted by Crippen LogP contribution is 2.29. The lowest BCUT2D eigenvalue weighted by Gasteiger charge is -2.30. The number of amides is 1. The van der Waals surface area contributed by atoms with E-state index < -0.39 is 23.0 Å². The van der Waals surface area contributed by atoms with E-state index in [9.17, 15) is 24.2 Å². The Hall–Kier alpha value is -2.83. The number of carbonyl (C=O) groups excluding carboxylic acids is 1. The molecule has 2 N–H and O–H groups in total. The summed E-state index contributed by atoms with van der Waals surface area (Å²) in [7, 11) is 0. The third-order valence-electron chi connectivity index (χ3n) is 3.63. The standard InChI is InChI=1S/C15H13FN2O4/c16-10-3-1-9(2-4-10)8-17-5-6-18-12(20)7-11(19)14(21)13(18)15(17)22/h1-4,7,19,21H,5-6,8H2/i11+2,14+2. The van der Waals surface area contributed by atoms with Crippen LogP contribution in [0.5, 0.6) is 11.5 Å². The second-order valence-electron chi connectivity index (χ2n) is 5.07. The van der Waals surface area contributed by atoms with Crippen LogP contribution in [0.4, 0.5) is 4.39 Å². The Balaban J connectivity index is 1.94. The van der Waals surface area contributed by atoms with Crippen LogP contribution < -0.4 is 5.56 Å². The summed E-state index contributed by atoms with van der Waals surface area (Å²) in [5.74, 6) is -2.14. The normalized spacial score (nSPS) is 14.0. The van der Waals surface area contributed by atoms with E-state index in [1.165, 1.54) is 17.0 Å². The summed E-state index contributed by atoms with van der Waals surface area (Å²) in [5, 5.41) is 19.4. The van der Waals surface area contributed by atoms with Crippen molar-refractivity contribution in [2.24, 2.45) is 0 Å². The molecule has 0 radical (unpaired) electrons. The van der Waals surface area contributed by atoms with E-state index in [4.69, 9.17) is 0 Å². The van der Waals surface area contributed by atoms with Gasteiger partial charge >= 0.3 is 0 Å². The van der Waals surface area contributed by atoms with Crippen molar-refractivity contribution >= 4 is 5.91 Å². The molecule has 0 fully saturated rings.